The molecule has 0 radical (unpaired) electrons. The molecule has 0 atom stereocenters. The number of fused-ring (bicyclic) bond motifs is 1. The maximum Gasteiger partial charge on any atom is 0.221 e. The summed E-state index contributed by atoms with van der Waals surface area (Å²) in [5.41, 5.74) is 0.880. The van der Waals surface area contributed by atoms with E-state index in [1.54, 1.807) is 25.1 Å². The minimum atomic E-state index is -0.159. The smallest absolute Gasteiger partial charge is 0.221 e. The van der Waals surface area contributed by atoms with E-state index in [2.05, 4.69) is 0 Å². The van der Waals surface area contributed by atoms with E-state index in [0.29, 0.717) is 24.7 Å². The van der Waals surface area contributed by atoms with Crippen molar-refractivity contribution in [3.8, 4) is 11.5 Å². The minimum absolute atomic E-state index is 0.159. The molecule has 0 unspecified atom stereocenters. The van der Waals surface area contributed by atoms with Crippen LogP contribution in [0.25, 0.3) is 6.08 Å². The monoisotopic (exact) mass is 270 g/mol. The first-order valence-corrected chi connectivity index (χ1v) is 6.41. The van der Waals surface area contributed by atoms with Gasteiger partial charge >= 0.3 is 0 Å². The van der Waals surface area contributed by atoms with Gasteiger partial charge in [-0.2, -0.15) is 0 Å². The number of benzene rings is 1. The number of furan rings is 1. The molecule has 1 aliphatic heterocycles. The number of hydrogen-bond acceptors (Lipinski definition) is 4. The molecule has 102 valence electrons. The van der Waals surface area contributed by atoms with E-state index >= 15 is 0 Å². The van der Waals surface area contributed by atoms with E-state index in [1.807, 2.05) is 18.2 Å². The molecule has 0 aliphatic carbocycles. The Bertz CT molecular complexity index is 667. The standard InChI is InChI=1S/C16H14O4/c1-11-2-6-14(20-11)13(17)5-3-12-4-7-15-16(10-12)19-9-8-18-15/h2-7,10H,8-9H2,1H3. The summed E-state index contributed by atoms with van der Waals surface area (Å²) in [6, 6.07) is 9.02. The normalized spacial score (nSPS) is 13.7. The Labute approximate surface area is 116 Å². The maximum absolute atomic E-state index is 11.9. The average molecular weight is 270 g/mol. The third-order valence-corrected chi connectivity index (χ3v) is 2.98. The number of hydrogen-bond donors (Lipinski definition) is 0. The fourth-order valence-electron chi connectivity index (χ4n) is 1.98. The summed E-state index contributed by atoms with van der Waals surface area (Å²) in [6.07, 6.45) is 3.22. The van der Waals surface area contributed by atoms with E-state index in [0.717, 1.165) is 17.1 Å². The van der Waals surface area contributed by atoms with Gasteiger partial charge in [0.15, 0.2) is 17.3 Å². The molecular weight excluding hydrogens is 256 g/mol. The van der Waals surface area contributed by atoms with Crippen LogP contribution in [-0.4, -0.2) is 19.0 Å². The zero-order valence-corrected chi connectivity index (χ0v) is 11.1. The Balaban J connectivity index is 1.77. The summed E-state index contributed by atoms with van der Waals surface area (Å²) in [5, 5.41) is 0. The summed E-state index contributed by atoms with van der Waals surface area (Å²) in [6.45, 7) is 2.92. The number of allylic oxidation sites excluding steroid dienone is 1. The maximum atomic E-state index is 11.9. The summed E-state index contributed by atoms with van der Waals surface area (Å²) >= 11 is 0. The van der Waals surface area contributed by atoms with Crippen molar-refractivity contribution in [3.63, 3.8) is 0 Å². The van der Waals surface area contributed by atoms with Crippen LogP contribution < -0.4 is 9.47 Å². The van der Waals surface area contributed by atoms with E-state index in [-0.39, 0.29) is 5.78 Å². The zero-order valence-electron chi connectivity index (χ0n) is 11.1. The van der Waals surface area contributed by atoms with Crippen LogP contribution in [0.4, 0.5) is 0 Å². The van der Waals surface area contributed by atoms with Crippen LogP contribution in [0.3, 0.4) is 0 Å². The topological polar surface area (TPSA) is 48.7 Å². The van der Waals surface area contributed by atoms with Crippen LogP contribution >= 0.6 is 0 Å². The molecule has 4 heteroatoms. The van der Waals surface area contributed by atoms with Gasteiger partial charge in [-0.3, -0.25) is 4.79 Å². The van der Waals surface area contributed by atoms with Gasteiger partial charge in [-0.05, 0) is 42.8 Å². The van der Waals surface area contributed by atoms with Gasteiger partial charge in [0.1, 0.15) is 19.0 Å². The van der Waals surface area contributed by atoms with Crippen LogP contribution in [0.1, 0.15) is 21.9 Å². The summed E-state index contributed by atoms with van der Waals surface area (Å²) < 4.78 is 16.2. The Morgan fingerprint density at radius 3 is 2.65 bits per heavy atom. The molecule has 0 N–H and O–H groups in total. The second kappa shape index (κ2) is 5.25. The summed E-state index contributed by atoms with van der Waals surface area (Å²) in [7, 11) is 0. The van der Waals surface area contributed by atoms with Crippen molar-refractivity contribution < 1.29 is 18.7 Å². The zero-order chi connectivity index (χ0) is 13.9. The van der Waals surface area contributed by atoms with Gasteiger partial charge in [0, 0.05) is 0 Å². The predicted molar refractivity (Wildman–Crippen MR) is 74.2 cm³/mol. The van der Waals surface area contributed by atoms with Gasteiger partial charge in [0.25, 0.3) is 0 Å². The van der Waals surface area contributed by atoms with Crippen LogP contribution in [0.15, 0.2) is 40.8 Å². The first kappa shape index (κ1) is 12.5. The second-order valence-corrected chi connectivity index (χ2v) is 4.51. The fraction of sp³-hybridized carbons (Fsp3) is 0.188. The molecule has 1 aromatic heterocycles. The predicted octanol–water partition coefficient (Wildman–Crippen LogP) is 3.26. The second-order valence-electron chi connectivity index (χ2n) is 4.51. The number of rotatable bonds is 3. The van der Waals surface area contributed by atoms with Crippen molar-refractivity contribution in [3.05, 3.63) is 53.5 Å². The summed E-state index contributed by atoms with van der Waals surface area (Å²) in [4.78, 5) is 11.9. The number of aryl methyl sites for hydroxylation is 1. The van der Waals surface area contributed by atoms with Crippen molar-refractivity contribution >= 4 is 11.9 Å². The highest BCUT2D eigenvalue weighted by atomic mass is 16.6. The van der Waals surface area contributed by atoms with E-state index in [1.165, 1.54) is 6.08 Å². The molecule has 0 fully saturated rings. The first-order valence-electron chi connectivity index (χ1n) is 6.41. The van der Waals surface area contributed by atoms with Crippen LogP contribution in [-0.2, 0) is 0 Å². The number of ketones is 1. The Hall–Kier alpha value is -2.49. The molecule has 0 bridgehead atoms. The van der Waals surface area contributed by atoms with Crippen LogP contribution in [0.2, 0.25) is 0 Å². The molecule has 1 aromatic carbocycles. The summed E-state index contributed by atoms with van der Waals surface area (Å²) in [5.74, 6) is 2.35. The highest BCUT2D eigenvalue weighted by Gasteiger charge is 2.11. The lowest BCUT2D eigenvalue weighted by Gasteiger charge is -2.18. The number of carbonyl (C=O) groups is 1. The Kier molecular flexibility index (Phi) is 3.29. The molecule has 1 aliphatic rings. The average Bonchev–Trinajstić information content (AvgIpc) is 2.91. The van der Waals surface area contributed by atoms with Gasteiger partial charge in [-0.1, -0.05) is 12.1 Å². The molecule has 3 rings (SSSR count). The molecule has 2 heterocycles. The molecule has 0 amide bonds. The Morgan fingerprint density at radius 2 is 1.90 bits per heavy atom. The van der Waals surface area contributed by atoms with Crippen molar-refractivity contribution in [1.29, 1.82) is 0 Å². The van der Waals surface area contributed by atoms with E-state index < -0.39 is 0 Å². The highest BCUT2D eigenvalue weighted by molar-refractivity contribution is 6.04. The Morgan fingerprint density at radius 1 is 1.10 bits per heavy atom. The van der Waals surface area contributed by atoms with Crippen molar-refractivity contribution in [2.75, 3.05) is 13.2 Å². The van der Waals surface area contributed by atoms with Crippen LogP contribution in [0, 0.1) is 6.92 Å². The first-order chi connectivity index (χ1) is 9.72. The minimum Gasteiger partial charge on any atom is -0.486 e. The third-order valence-electron chi connectivity index (χ3n) is 2.98. The molecular formula is C16H14O4. The van der Waals surface area contributed by atoms with Gasteiger partial charge < -0.3 is 13.9 Å². The van der Waals surface area contributed by atoms with E-state index in [4.69, 9.17) is 13.9 Å². The number of carbonyl (C=O) groups excluding carboxylic acids is 1. The van der Waals surface area contributed by atoms with Gasteiger partial charge in [-0.25, -0.2) is 0 Å². The lowest BCUT2D eigenvalue weighted by atomic mass is 10.1. The SMILES string of the molecule is Cc1ccc(C(=O)C=Cc2ccc3c(c2)OCCO3)o1. The number of ether oxygens (including phenoxy) is 2. The fourth-order valence-corrected chi connectivity index (χ4v) is 1.98. The molecule has 4 nitrogen and oxygen atoms in total. The lowest BCUT2D eigenvalue weighted by Crippen LogP contribution is -2.15. The highest BCUT2D eigenvalue weighted by Crippen LogP contribution is 2.31. The quantitative estimate of drug-likeness (QED) is 0.634. The van der Waals surface area contributed by atoms with E-state index in [9.17, 15) is 4.79 Å². The molecule has 2 aromatic rings. The van der Waals surface area contributed by atoms with Crippen LogP contribution in [0.5, 0.6) is 11.5 Å². The molecule has 0 saturated heterocycles. The van der Waals surface area contributed by atoms with Gasteiger partial charge in [-0.15, -0.1) is 0 Å². The molecule has 20 heavy (non-hydrogen) atoms. The van der Waals surface area contributed by atoms with Gasteiger partial charge in [0.2, 0.25) is 5.78 Å². The lowest BCUT2D eigenvalue weighted by molar-refractivity contribution is 0.102. The van der Waals surface area contributed by atoms with Gasteiger partial charge in [0.05, 0.1) is 0 Å². The largest absolute Gasteiger partial charge is 0.486 e. The van der Waals surface area contributed by atoms with Crippen molar-refractivity contribution in [1.82, 2.24) is 0 Å². The third kappa shape index (κ3) is 2.59. The molecule has 0 saturated carbocycles. The van der Waals surface area contributed by atoms with Crippen molar-refractivity contribution in [2.24, 2.45) is 0 Å². The molecule has 0 spiro atoms. The van der Waals surface area contributed by atoms with Crippen molar-refractivity contribution in [2.45, 2.75) is 6.92 Å².